The number of hydrogen-bond acceptors (Lipinski definition) is 4. The summed E-state index contributed by atoms with van der Waals surface area (Å²) in [5.41, 5.74) is 4.68. The molecule has 4 aliphatic rings. The molecular formula is C26H27N3O3. The minimum absolute atomic E-state index is 0.0939. The first-order valence-corrected chi connectivity index (χ1v) is 11.6. The van der Waals surface area contributed by atoms with Crippen molar-refractivity contribution < 1.29 is 14.4 Å². The second-order valence-electron chi connectivity index (χ2n) is 9.80. The molecule has 3 atom stereocenters. The Labute approximate surface area is 187 Å². The molecule has 0 spiro atoms. The van der Waals surface area contributed by atoms with E-state index in [4.69, 9.17) is 0 Å². The molecule has 6 rings (SSSR count). The minimum atomic E-state index is -0.552. The van der Waals surface area contributed by atoms with Gasteiger partial charge < -0.3 is 4.90 Å². The van der Waals surface area contributed by atoms with Crippen LogP contribution in [-0.2, 0) is 28.1 Å². The molecule has 1 N–H and O–H groups in total. The van der Waals surface area contributed by atoms with Gasteiger partial charge in [0.25, 0.3) is 5.91 Å². The van der Waals surface area contributed by atoms with Gasteiger partial charge >= 0.3 is 0 Å². The summed E-state index contributed by atoms with van der Waals surface area (Å²) < 4.78 is 0. The first kappa shape index (κ1) is 19.7. The van der Waals surface area contributed by atoms with E-state index in [0.717, 1.165) is 31.6 Å². The molecule has 6 nitrogen and oxygen atoms in total. The lowest BCUT2D eigenvalue weighted by Gasteiger charge is -2.32. The van der Waals surface area contributed by atoms with Gasteiger partial charge in [0, 0.05) is 37.0 Å². The standard InChI is InChI=1S/C26H27N3O3/c30-23-9-8-22(24(31)27-23)29-15-18-12-19(6-7-21(18)25(29)32)26-10-11-28(16-20(26)13-26)14-17-4-2-1-3-5-17/h1-7,12,20,22H,8-11,13-16H2,(H,27,30,31). The van der Waals surface area contributed by atoms with Crippen LogP contribution in [0.2, 0.25) is 0 Å². The molecular weight excluding hydrogens is 402 g/mol. The Morgan fingerprint density at radius 3 is 2.69 bits per heavy atom. The van der Waals surface area contributed by atoms with Crippen LogP contribution in [0.1, 0.15) is 52.7 Å². The summed E-state index contributed by atoms with van der Waals surface area (Å²) in [7, 11) is 0. The van der Waals surface area contributed by atoms with Crippen LogP contribution >= 0.6 is 0 Å². The van der Waals surface area contributed by atoms with Gasteiger partial charge in [0.1, 0.15) is 6.04 Å². The topological polar surface area (TPSA) is 69.7 Å². The summed E-state index contributed by atoms with van der Waals surface area (Å²) in [5.74, 6) is -0.0330. The highest BCUT2D eigenvalue weighted by molar-refractivity contribution is 6.05. The van der Waals surface area contributed by atoms with E-state index in [0.29, 0.717) is 24.4 Å². The lowest BCUT2D eigenvalue weighted by atomic mass is 9.85. The number of fused-ring (bicyclic) bond motifs is 2. The van der Waals surface area contributed by atoms with Gasteiger partial charge in [0.15, 0.2) is 0 Å². The minimum Gasteiger partial charge on any atom is -0.322 e. The maximum absolute atomic E-state index is 13.0. The zero-order valence-corrected chi connectivity index (χ0v) is 18.0. The molecule has 2 aromatic rings. The Hall–Kier alpha value is -2.99. The number of nitrogens with zero attached hydrogens (tertiary/aromatic N) is 2. The molecule has 2 saturated heterocycles. The lowest BCUT2D eigenvalue weighted by molar-refractivity contribution is -0.136. The van der Waals surface area contributed by atoms with E-state index >= 15 is 0 Å². The van der Waals surface area contributed by atoms with E-state index in [-0.39, 0.29) is 29.6 Å². The number of carbonyl (C=O) groups is 3. The van der Waals surface area contributed by atoms with Crippen LogP contribution in [-0.4, -0.2) is 46.7 Å². The van der Waals surface area contributed by atoms with Crippen molar-refractivity contribution in [2.24, 2.45) is 5.92 Å². The molecule has 2 aromatic carbocycles. The summed E-state index contributed by atoms with van der Waals surface area (Å²) in [4.78, 5) is 40.9. The van der Waals surface area contributed by atoms with Gasteiger partial charge in [-0.2, -0.15) is 0 Å². The van der Waals surface area contributed by atoms with Gasteiger partial charge in [-0.05, 0) is 54.5 Å². The molecule has 1 aliphatic carbocycles. The summed E-state index contributed by atoms with van der Waals surface area (Å²) in [6, 6.07) is 16.4. The van der Waals surface area contributed by atoms with Crippen molar-refractivity contribution in [2.75, 3.05) is 13.1 Å². The smallest absolute Gasteiger partial charge is 0.255 e. The molecule has 0 radical (unpaired) electrons. The average Bonchev–Trinajstić information content (AvgIpc) is 3.44. The number of hydrogen-bond donors (Lipinski definition) is 1. The van der Waals surface area contributed by atoms with Gasteiger partial charge in [-0.3, -0.25) is 24.6 Å². The second kappa shape index (κ2) is 7.27. The fourth-order valence-electron chi connectivity index (χ4n) is 6.05. The van der Waals surface area contributed by atoms with E-state index in [2.05, 4.69) is 52.7 Å². The lowest BCUT2D eigenvalue weighted by Crippen LogP contribution is -2.52. The Bertz CT molecular complexity index is 1110. The highest BCUT2D eigenvalue weighted by Gasteiger charge is 2.57. The van der Waals surface area contributed by atoms with Crippen LogP contribution < -0.4 is 5.32 Å². The van der Waals surface area contributed by atoms with Crippen LogP contribution in [0.4, 0.5) is 0 Å². The van der Waals surface area contributed by atoms with Crippen LogP contribution in [0.3, 0.4) is 0 Å². The zero-order chi connectivity index (χ0) is 21.9. The quantitative estimate of drug-likeness (QED) is 0.759. The van der Waals surface area contributed by atoms with Gasteiger partial charge in [-0.25, -0.2) is 0 Å². The third-order valence-electron chi connectivity index (χ3n) is 7.93. The third-order valence-corrected chi connectivity index (χ3v) is 7.93. The fourth-order valence-corrected chi connectivity index (χ4v) is 6.05. The molecule has 32 heavy (non-hydrogen) atoms. The highest BCUT2D eigenvalue weighted by atomic mass is 16.2. The van der Waals surface area contributed by atoms with Crippen LogP contribution in [0.5, 0.6) is 0 Å². The molecule has 1 saturated carbocycles. The van der Waals surface area contributed by atoms with E-state index in [1.165, 1.54) is 17.5 Å². The average molecular weight is 430 g/mol. The summed E-state index contributed by atoms with van der Waals surface area (Å²) in [5, 5.41) is 2.37. The maximum Gasteiger partial charge on any atom is 0.255 e. The largest absolute Gasteiger partial charge is 0.322 e. The van der Waals surface area contributed by atoms with E-state index < -0.39 is 6.04 Å². The molecule has 0 bridgehead atoms. The van der Waals surface area contributed by atoms with Crippen molar-refractivity contribution in [1.29, 1.82) is 0 Å². The zero-order valence-electron chi connectivity index (χ0n) is 18.0. The Morgan fingerprint density at radius 1 is 1.06 bits per heavy atom. The first-order valence-electron chi connectivity index (χ1n) is 11.6. The first-order chi connectivity index (χ1) is 15.5. The van der Waals surface area contributed by atoms with Crippen LogP contribution in [0, 0.1) is 5.92 Å². The maximum atomic E-state index is 13.0. The number of carbonyl (C=O) groups excluding carboxylic acids is 3. The van der Waals surface area contributed by atoms with Gasteiger partial charge in [-0.1, -0.05) is 42.5 Å². The Kier molecular flexibility index (Phi) is 4.47. The number of amides is 3. The third kappa shape index (κ3) is 3.16. The van der Waals surface area contributed by atoms with Crippen molar-refractivity contribution in [3.63, 3.8) is 0 Å². The van der Waals surface area contributed by atoms with Gasteiger partial charge in [-0.15, -0.1) is 0 Å². The molecule has 3 unspecified atom stereocenters. The van der Waals surface area contributed by atoms with Crippen molar-refractivity contribution in [1.82, 2.24) is 15.1 Å². The van der Waals surface area contributed by atoms with Crippen molar-refractivity contribution >= 4 is 17.7 Å². The predicted octanol–water partition coefficient (Wildman–Crippen LogP) is 2.61. The Morgan fingerprint density at radius 2 is 1.91 bits per heavy atom. The normalized spacial score (nSPS) is 29.5. The highest BCUT2D eigenvalue weighted by Crippen LogP contribution is 2.59. The summed E-state index contributed by atoms with van der Waals surface area (Å²) in [6.07, 6.45) is 3.04. The van der Waals surface area contributed by atoms with Crippen molar-refractivity contribution in [3.8, 4) is 0 Å². The van der Waals surface area contributed by atoms with Gasteiger partial charge in [0.2, 0.25) is 11.8 Å². The number of nitrogens with one attached hydrogen (secondary N) is 1. The molecule has 3 fully saturated rings. The second-order valence-corrected chi connectivity index (χ2v) is 9.80. The number of piperidine rings is 2. The number of benzene rings is 2. The van der Waals surface area contributed by atoms with Crippen molar-refractivity contribution in [3.05, 3.63) is 70.8 Å². The molecule has 164 valence electrons. The Balaban J connectivity index is 1.16. The molecule has 3 heterocycles. The van der Waals surface area contributed by atoms with Gasteiger partial charge in [0.05, 0.1) is 0 Å². The predicted molar refractivity (Wildman–Crippen MR) is 119 cm³/mol. The van der Waals surface area contributed by atoms with E-state index in [9.17, 15) is 14.4 Å². The molecule has 3 amide bonds. The van der Waals surface area contributed by atoms with Crippen LogP contribution in [0.25, 0.3) is 0 Å². The van der Waals surface area contributed by atoms with E-state index in [1.54, 1.807) is 4.90 Å². The monoisotopic (exact) mass is 429 g/mol. The van der Waals surface area contributed by atoms with E-state index in [1.807, 2.05) is 6.07 Å². The number of rotatable bonds is 4. The molecule has 3 aliphatic heterocycles. The summed E-state index contributed by atoms with van der Waals surface area (Å²) in [6.45, 7) is 3.67. The summed E-state index contributed by atoms with van der Waals surface area (Å²) >= 11 is 0. The van der Waals surface area contributed by atoms with Crippen molar-refractivity contribution in [2.45, 2.75) is 50.2 Å². The van der Waals surface area contributed by atoms with Crippen LogP contribution in [0.15, 0.2) is 48.5 Å². The number of likely N-dealkylation sites (tertiary alicyclic amines) is 1. The number of imide groups is 1. The molecule has 0 aromatic heterocycles. The fraction of sp³-hybridized carbons (Fsp3) is 0.423. The SMILES string of the molecule is O=C1CCC(N2Cc3cc(C45CCN(Cc6ccccc6)CC4C5)ccc3C2=O)C(=O)N1. The molecule has 6 heteroatoms.